The lowest BCUT2D eigenvalue weighted by atomic mass is 10.1. The average molecular weight is 374 g/mol. The normalized spacial score (nSPS) is 17.7. The van der Waals surface area contributed by atoms with Crippen molar-refractivity contribution in [3.05, 3.63) is 45.3 Å². The highest BCUT2D eigenvalue weighted by Crippen LogP contribution is 2.34. The van der Waals surface area contributed by atoms with Crippen LogP contribution in [0.3, 0.4) is 0 Å². The Morgan fingerprint density at radius 1 is 1.32 bits per heavy atom. The maximum Gasteiger partial charge on any atom is 0.335 e. The summed E-state index contributed by atoms with van der Waals surface area (Å²) in [5.74, 6) is -1.11. The van der Waals surface area contributed by atoms with E-state index in [9.17, 15) is 9.59 Å². The molecular formula is C16H14N4O3S2. The molecule has 1 fully saturated rings. The minimum Gasteiger partial charge on any atom is -0.478 e. The Hall–Kier alpha value is -2.52. The number of hydrogen-bond donors (Lipinski definition) is 1. The van der Waals surface area contributed by atoms with Gasteiger partial charge in [0.25, 0.3) is 5.91 Å². The molecule has 0 saturated carbocycles. The molecule has 2 aromatic rings. The number of aromatic nitrogens is 2. The van der Waals surface area contributed by atoms with Crippen molar-refractivity contribution in [1.82, 2.24) is 15.1 Å². The monoisotopic (exact) mass is 374 g/mol. The number of likely N-dealkylation sites (N-methyl/N-ethyl adjacent to an activating group) is 1. The first-order valence-electron chi connectivity index (χ1n) is 7.41. The number of benzene rings is 1. The fraction of sp³-hybridized carbons (Fsp3) is 0.188. The van der Waals surface area contributed by atoms with Crippen molar-refractivity contribution >= 4 is 51.4 Å². The number of amidine groups is 1. The number of carbonyl (C=O) groups is 2. The van der Waals surface area contributed by atoms with Crippen LogP contribution in [0.25, 0.3) is 6.08 Å². The van der Waals surface area contributed by atoms with Gasteiger partial charge in [-0.2, -0.15) is 4.99 Å². The lowest BCUT2D eigenvalue weighted by molar-refractivity contribution is -0.122. The van der Waals surface area contributed by atoms with Gasteiger partial charge in [-0.25, -0.2) is 4.79 Å². The Bertz CT molecular complexity index is 887. The molecule has 0 spiro atoms. The molecule has 0 unspecified atom stereocenters. The average Bonchev–Trinajstić information content (AvgIpc) is 3.12. The first kappa shape index (κ1) is 17.3. The van der Waals surface area contributed by atoms with Crippen molar-refractivity contribution in [3.63, 3.8) is 0 Å². The van der Waals surface area contributed by atoms with Crippen molar-refractivity contribution in [2.45, 2.75) is 13.8 Å². The molecule has 128 valence electrons. The van der Waals surface area contributed by atoms with E-state index >= 15 is 0 Å². The molecule has 1 saturated heterocycles. The number of thioether (sulfide) groups is 1. The Kier molecular flexibility index (Phi) is 4.95. The van der Waals surface area contributed by atoms with E-state index in [1.807, 2.05) is 13.8 Å². The number of carbonyl (C=O) groups excluding carboxylic acids is 1. The highest BCUT2D eigenvalue weighted by molar-refractivity contribution is 8.18. The summed E-state index contributed by atoms with van der Waals surface area (Å²) in [7, 11) is 0. The predicted octanol–water partition coefficient (Wildman–Crippen LogP) is 3.17. The zero-order valence-corrected chi connectivity index (χ0v) is 15.1. The van der Waals surface area contributed by atoms with Crippen LogP contribution in [-0.2, 0) is 4.79 Å². The van der Waals surface area contributed by atoms with E-state index in [1.165, 1.54) is 35.2 Å². The van der Waals surface area contributed by atoms with Crippen LogP contribution in [0.1, 0.15) is 27.9 Å². The number of nitrogens with zero attached hydrogens (tertiary/aromatic N) is 4. The van der Waals surface area contributed by atoms with Gasteiger partial charge >= 0.3 is 5.97 Å². The first-order valence-corrected chi connectivity index (χ1v) is 9.05. The van der Waals surface area contributed by atoms with Crippen molar-refractivity contribution in [2.75, 3.05) is 6.54 Å². The highest BCUT2D eigenvalue weighted by Gasteiger charge is 2.32. The fourth-order valence-electron chi connectivity index (χ4n) is 2.16. The summed E-state index contributed by atoms with van der Waals surface area (Å²) in [6, 6.07) is 6.36. The van der Waals surface area contributed by atoms with E-state index in [2.05, 4.69) is 15.2 Å². The van der Waals surface area contributed by atoms with E-state index in [0.29, 0.717) is 21.7 Å². The molecule has 7 nitrogen and oxygen atoms in total. The summed E-state index contributed by atoms with van der Waals surface area (Å²) in [5, 5.41) is 18.7. The molecule has 1 aromatic carbocycles. The van der Waals surface area contributed by atoms with Crippen LogP contribution in [0.2, 0.25) is 0 Å². The van der Waals surface area contributed by atoms with Crippen molar-refractivity contribution in [1.29, 1.82) is 0 Å². The summed E-state index contributed by atoms with van der Waals surface area (Å²) >= 11 is 2.63. The summed E-state index contributed by atoms with van der Waals surface area (Å²) in [6.45, 7) is 4.22. The maximum absolute atomic E-state index is 12.6. The van der Waals surface area contributed by atoms with Gasteiger partial charge in [0, 0.05) is 6.54 Å². The quantitative estimate of drug-likeness (QED) is 0.826. The van der Waals surface area contributed by atoms with Crippen LogP contribution in [0, 0.1) is 6.92 Å². The molecule has 1 amide bonds. The number of aromatic carboxylic acids is 1. The molecule has 25 heavy (non-hydrogen) atoms. The Morgan fingerprint density at radius 2 is 2.04 bits per heavy atom. The molecule has 1 aliphatic heterocycles. The van der Waals surface area contributed by atoms with Crippen LogP contribution < -0.4 is 0 Å². The molecular weight excluding hydrogens is 360 g/mol. The number of aryl methyl sites for hydroxylation is 1. The molecule has 0 aliphatic carbocycles. The summed E-state index contributed by atoms with van der Waals surface area (Å²) in [6.07, 6.45) is 1.73. The van der Waals surface area contributed by atoms with Crippen LogP contribution in [0.4, 0.5) is 5.13 Å². The third-order valence-electron chi connectivity index (χ3n) is 3.37. The van der Waals surface area contributed by atoms with Crippen molar-refractivity contribution in [3.8, 4) is 0 Å². The Balaban J connectivity index is 1.88. The van der Waals surface area contributed by atoms with E-state index in [-0.39, 0.29) is 11.5 Å². The smallest absolute Gasteiger partial charge is 0.335 e. The summed E-state index contributed by atoms with van der Waals surface area (Å²) in [5.41, 5.74) is 0.960. The zero-order chi connectivity index (χ0) is 18.0. The molecule has 0 atom stereocenters. The second-order valence-corrected chi connectivity index (χ2v) is 7.25. The van der Waals surface area contributed by atoms with Gasteiger partial charge in [0.2, 0.25) is 5.13 Å². The Morgan fingerprint density at radius 3 is 2.60 bits per heavy atom. The van der Waals surface area contributed by atoms with Crippen LogP contribution in [0.15, 0.2) is 34.2 Å². The van der Waals surface area contributed by atoms with Gasteiger partial charge in [-0.15, -0.1) is 10.2 Å². The summed E-state index contributed by atoms with van der Waals surface area (Å²) < 4.78 is 0. The zero-order valence-electron chi connectivity index (χ0n) is 13.5. The van der Waals surface area contributed by atoms with Crippen LogP contribution in [0.5, 0.6) is 0 Å². The van der Waals surface area contributed by atoms with Gasteiger partial charge in [0.1, 0.15) is 5.01 Å². The van der Waals surface area contributed by atoms with Crippen LogP contribution >= 0.6 is 23.1 Å². The topological polar surface area (TPSA) is 95.8 Å². The van der Waals surface area contributed by atoms with E-state index in [0.717, 1.165) is 10.6 Å². The number of amides is 1. The SMILES string of the molecule is CCN1C(=O)/C(=C/c2ccc(C(=O)O)cc2)SC1=Nc1nnc(C)s1. The van der Waals surface area contributed by atoms with E-state index < -0.39 is 5.97 Å². The molecule has 0 radical (unpaired) electrons. The van der Waals surface area contributed by atoms with Crippen molar-refractivity contribution < 1.29 is 14.7 Å². The minimum atomic E-state index is -0.982. The van der Waals surface area contributed by atoms with Crippen molar-refractivity contribution in [2.24, 2.45) is 4.99 Å². The first-order chi connectivity index (χ1) is 12.0. The predicted molar refractivity (Wildman–Crippen MR) is 98.1 cm³/mol. The lowest BCUT2D eigenvalue weighted by Crippen LogP contribution is -2.28. The lowest BCUT2D eigenvalue weighted by Gasteiger charge is -2.11. The molecule has 1 aliphatic rings. The third kappa shape index (κ3) is 3.77. The van der Waals surface area contributed by atoms with Gasteiger partial charge in [0.15, 0.2) is 5.17 Å². The highest BCUT2D eigenvalue weighted by atomic mass is 32.2. The third-order valence-corrected chi connectivity index (χ3v) is 5.11. The molecule has 0 bridgehead atoms. The van der Waals surface area contributed by atoms with E-state index in [4.69, 9.17) is 5.11 Å². The molecule has 1 N–H and O–H groups in total. The molecule has 3 rings (SSSR count). The number of rotatable bonds is 4. The number of hydrogen-bond acceptors (Lipinski definition) is 7. The molecule has 1 aromatic heterocycles. The van der Waals surface area contributed by atoms with Crippen LogP contribution in [-0.4, -0.2) is 43.8 Å². The number of carboxylic acids is 1. The fourth-order valence-corrected chi connectivity index (χ4v) is 3.82. The number of aliphatic imine (C=N–C) groups is 1. The van der Waals surface area contributed by atoms with Gasteiger partial charge < -0.3 is 5.11 Å². The number of carboxylic acid groups (broad SMARTS) is 1. The largest absolute Gasteiger partial charge is 0.478 e. The van der Waals surface area contributed by atoms with Gasteiger partial charge in [-0.05, 0) is 49.4 Å². The minimum absolute atomic E-state index is 0.130. The van der Waals surface area contributed by atoms with E-state index in [1.54, 1.807) is 23.1 Å². The summed E-state index contributed by atoms with van der Waals surface area (Å²) in [4.78, 5) is 30.0. The maximum atomic E-state index is 12.6. The molecule has 2 heterocycles. The second kappa shape index (κ2) is 7.16. The standard InChI is InChI=1S/C16H14N4O3S2/c1-3-20-13(21)12(8-10-4-6-11(7-5-10)14(22)23)25-16(20)17-15-19-18-9(2)24-15/h4-8H,3H2,1-2H3,(H,22,23)/b12-8-,17-16?. The van der Waals surface area contributed by atoms with Gasteiger partial charge in [-0.3, -0.25) is 9.69 Å². The molecule has 9 heteroatoms. The van der Waals surface area contributed by atoms with Gasteiger partial charge in [-0.1, -0.05) is 23.5 Å². The Labute approximate surface area is 152 Å². The second-order valence-electron chi connectivity index (χ2n) is 5.09. The van der Waals surface area contributed by atoms with Gasteiger partial charge in [0.05, 0.1) is 10.5 Å².